The van der Waals surface area contributed by atoms with E-state index in [0.717, 1.165) is 23.2 Å². The van der Waals surface area contributed by atoms with Crippen LogP contribution in [0, 0.1) is 0 Å². The second-order valence-corrected chi connectivity index (χ2v) is 6.20. The zero-order chi connectivity index (χ0) is 13.5. The molecule has 0 amide bonds. The normalized spacial score (nSPS) is 16.4. The minimum absolute atomic E-state index is 0.305. The molecule has 1 saturated heterocycles. The minimum atomic E-state index is -0.495. The lowest BCUT2D eigenvalue weighted by atomic mass is 10.3. The maximum atomic E-state index is 9.88. The first-order valence-electron chi connectivity index (χ1n) is 6.53. The van der Waals surface area contributed by atoms with Crippen LogP contribution in [0.25, 0.3) is 0 Å². The van der Waals surface area contributed by atoms with E-state index in [4.69, 9.17) is 17.0 Å². The molecule has 0 saturated carbocycles. The number of aliphatic hydroxyl groups is 1. The average Bonchev–Trinajstić information content (AvgIpc) is 2.98. The lowest BCUT2D eigenvalue weighted by Crippen LogP contribution is -2.26. The van der Waals surface area contributed by atoms with Gasteiger partial charge in [0.25, 0.3) is 0 Å². The van der Waals surface area contributed by atoms with E-state index in [2.05, 4.69) is 4.90 Å². The van der Waals surface area contributed by atoms with Crippen molar-refractivity contribution < 1.29 is 9.84 Å². The molecular formula is C14H19NO2S2. The van der Waals surface area contributed by atoms with Gasteiger partial charge in [0.1, 0.15) is 16.7 Å². The molecule has 0 aromatic heterocycles. The summed E-state index contributed by atoms with van der Waals surface area (Å²) in [4.78, 5) is 2.21. The molecule has 1 aliphatic rings. The molecule has 0 aliphatic carbocycles. The molecule has 0 spiro atoms. The number of thiocarbonyl (C=S) groups is 1. The fourth-order valence-electron chi connectivity index (χ4n) is 1.92. The topological polar surface area (TPSA) is 32.7 Å². The number of aliphatic hydroxyl groups excluding tert-OH is 1. The molecule has 1 heterocycles. The predicted molar refractivity (Wildman–Crippen MR) is 83.8 cm³/mol. The average molecular weight is 297 g/mol. The van der Waals surface area contributed by atoms with Gasteiger partial charge in [-0.1, -0.05) is 42.2 Å². The van der Waals surface area contributed by atoms with Crippen LogP contribution in [-0.4, -0.2) is 45.9 Å². The van der Waals surface area contributed by atoms with Gasteiger partial charge in [0.2, 0.25) is 0 Å². The first-order chi connectivity index (χ1) is 9.25. The Morgan fingerprint density at radius 2 is 2.00 bits per heavy atom. The summed E-state index contributed by atoms with van der Waals surface area (Å²) in [7, 11) is 0. The number of ether oxygens (including phenoxy) is 1. The number of thioether (sulfide) groups is 1. The molecule has 0 bridgehead atoms. The Hall–Kier alpha value is -0.780. The number of hydrogen-bond acceptors (Lipinski definition) is 4. The Morgan fingerprint density at radius 1 is 1.32 bits per heavy atom. The summed E-state index contributed by atoms with van der Waals surface area (Å²) in [5, 5.41) is 9.88. The number of hydrogen-bond donors (Lipinski definition) is 1. The zero-order valence-electron chi connectivity index (χ0n) is 10.8. The Labute approximate surface area is 123 Å². The highest BCUT2D eigenvalue weighted by Crippen LogP contribution is 2.17. The fraction of sp³-hybridized carbons (Fsp3) is 0.500. The molecule has 1 N–H and O–H groups in total. The SMILES string of the molecule is OC(COc1ccccc1)CSC(=S)N1CCCC1. The van der Waals surface area contributed by atoms with Crippen LogP contribution in [0.5, 0.6) is 5.75 Å². The third-order valence-corrected chi connectivity index (χ3v) is 4.62. The Kier molecular flexibility index (Phi) is 5.94. The van der Waals surface area contributed by atoms with Gasteiger partial charge in [-0.15, -0.1) is 0 Å². The van der Waals surface area contributed by atoms with E-state index in [1.165, 1.54) is 12.8 Å². The van der Waals surface area contributed by atoms with Crippen LogP contribution in [0.1, 0.15) is 12.8 Å². The highest BCUT2D eigenvalue weighted by atomic mass is 32.2. The molecule has 1 aromatic carbocycles. The van der Waals surface area contributed by atoms with Crippen LogP contribution >= 0.6 is 24.0 Å². The minimum Gasteiger partial charge on any atom is -0.491 e. The van der Waals surface area contributed by atoms with Gasteiger partial charge >= 0.3 is 0 Å². The zero-order valence-corrected chi connectivity index (χ0v) is 12.5. The third kappa shape index (κ3) is 5.01. The van der Waals surface area contributed by atoms with Gasteiger partial charge in [-0.25, -0.2) is 0 Å². The third-order valence-electron chi connectivity index (χ3n) is 2.95. The van der Waals surface area contributed by atoms with Crippen molar-refractivity contribution in [3.05, 3.63) is 30.3 Å². The summed E-state index contributed by atoms with van der Waals surface area (Å²) in [5.74, 6) is 1.37. The van der Waals surface area contributed by atoms with Gasteiger partial charge in [-0.05, 0) is 25.0 Å². The molecule has 1 fully saturated rings. The second-order valence-electron chi connectivity index (χ2n) is 4.55. The van der Waals surface area contributed by atoms with Crippen LogP contribution in [0.4, 0.5) is 0 Å². The maximum absolute atomic E-state index is 9.88. The number of nitrogens with zero attached hydrogens (tertiary/aromatic N) is 1. The number of benzene rings is 1. The smallest absolute Gasteiger partial charge is 0.136 e. The largest absolute Gasteiger partial charge is 0.491 e. The first-order valence-corrected chi connectivity index (χ1v) is 7.93. The molecule has 1 aromatic rings. The highest BCUT2D eigenvalue weighted by molar-refractivity contribution is 8.22. The Balaban J connectivity index is 1.64. The van der Waals surface area contributed by atoms with Crippen molar-refractivity contribution in [2.75, 3.05) is 25.4 Å². The molecule has 104 valence electrons. The van der Waals surface area contributed by atoms with E-state index in [-0.39, 0.29) is 0 Å². The molecule has 0 radical (unpaired) electrons. The summed E-state index contributed by atoms with van der Waals surface area (Å²) >= 11 is 6.89. The van der Waals surface area contributed by atoms with E-state index in [0.29, 0.717) is 12.4 Å². The number of rotatable bonds is 5. The summed E-state index contributed by atoms with van der Waals surface area (Å²) in [5.41, 5.74) is 0. The van der Waals surface area contributed by atoms with Crippen LogP contribution in [0.15, 0.2) is 30.3 Å². The monoisotopic (exact) mass is 297 g/mol. The fourth-order valence-corrected chi connectivity index (χ4v) is 3.10. The van der Waals surface area contributed by atoms with Crippen molar-refractivity contribution >= 4 is 28.3 Å². The van der Waals surface area contributed by atoms with Crippen molar-refractivity contribution in [2.45, 2.75) is 18.9 Å². The molecule has 3 nitrogen and oxygen atoms in total. The van der Waals surface area contributed by atoms with Gasteiger partial charge in [0, 0.05) is 18.8 Å². The maximum Gasteiger partial charge on any atom is 0.136 e. The lowest BCUT2D eigenvalue weighted by molar-refractivity contribution is 0.126. The molecule has 19 heavy (non-hydrogen) atoms. The van der Waals surface area contributed by atoms with Gasteiger partial charge in [0.15, 0.2) is 0 Å². The van der Waals surface area contributed by atoms with Crippen molar-refractivity contribution in [2.24, 2.45) is 0 Å². The van der Waals surface area contributed by atoms with E-state index in [1.54, 1.807) is 11.8 Å². The Bertz CT molecular complexity index is 394. The number of likely N-dealkylation sites (tertiary alicyclic amines) is 1. The van der Waals surface area contributed by atoms with Gasteiger partial charge in [-0.2, -0.15) is 0 Å². The van der Waals surface area contributed by atoms with Gasteiger partial charge in [-0.3, -0.25) is 0 Å². The van der Waals surface area contributed by atoms with Crippen LogP contribution < -0.4 is 4.74 Å². The molecule has 5 heteroatoms. The number of para-hydroxylation sites is 1. The van der Waals surface area contributed by atoms with E-state index in [9.17, 15) is 5.11 Å². The van der Waals surface area contributed by atoms with E-state index >= 15 is 0 Å². The van der Waals surface area contributed by atoms with Crippen molar-refractivity contribution in [1.82, 2.24) is 4.90 Å². The molecule has 1 aliphatic heterocycles. The molecule has 1 unspecified atom stereocenters. The quantitative estimate of drug-likeness (QED) is 0.845. The first kappa shape index (κ1) is 14.6. The van der Waals surface area contributed by atoms with Crippen molar-refractivity contribution in [3.63, 3.8) is 0 Å². The van der Waals surface area contributed by atoms with Crippen LogP contribution in [0.2, 0.25) is 0 Å². The predicted octanol–water partition coefficient (Wildman–Crippen LogP) is 2.54. The molecule has 1 atom stereocenters. The summed E-state index contributed by atoms with van der Waals surface area (Å²) in [6, 6.07) is 9.54. The second kappa shape index (κ2) is 7.72. The summed E-state index contributed by atoms with van der Waals surface area (Å²) in [6.45, 7) is 2.42. The van der Waals surface area contributed by atoms with E-state index in [1.807, 2.05) is 30.3 Å². The molecule has 2 rings (SSSR count). The summed E-state index contributed by atoms with van der Waals surface area (Å²) < 4.78 is 6.40. The van der Waals surface area contributed by atoms with Crippen LogP contribution in [-0.2, 0) is 0 Å². The van der Waals surface area contributed by atoms with Gasteiger partial charge in [0.05, 0.1) is 6.10 Å². The Morgan fingerprint density at radius 3 is 2.68 bits per heavy atom. The molecular weight excluding hydrogens is 278 g/mol. The van der Waals surface area contributed by atoms with Crippen molar-refractivity contribution in [1.29, 1.82) is 0 Å². The standard InChI is InChI=1S/C14H19NO2S2/c16-12(10-17-13-6-2-1-3-7-13)11-19-14(18)15-8-4-5-9-15/h1-3,6-7,12,16H,4-5,8-11H2. The van der Waals surface area contributed by atoms with Gasteiger partial charge < -0.3 is 14.7 Å². The highest BCUT2D eigenvalue weighted by Gasteiger charge is 2.16. The summed E-state index contributed by atoms with van der Waals surface area (Å²) in [6.07, 6.45) is 1.95. The van der Waals surface area contributed by atoms with E-state index < -0.39 is 6.10 Å². The van der Waals surface area contributed by atoms with Crippen LogP contribution in [0.3, 0.4) is 0 Å². The van der Waals surface area contributed by atoms with Crippen molar-refractivity contribution in [3.8, 4) is 5.75 Å². The lowest BCUT2D eigenvalue weighted by Gasteiger charge is -2.19.